The minimum Gasteiger partial charge on any atom is -0.398 e. The lowest BCUT2D eigenvalue weighted by Gasteiger charge is -2.11. The Morgan fingerprint density at radius 1 is 1.10 bits per heavy atom. The molecule has 0 atom stereocenters. The highest BCUT2D eigenvalue weighted by molar-refractivity contribution is 6.30. The Hall–Kier alpha value is -2.26. The molecule has 0 spiro atoms. The second kappa shape index (κ2) is 5.02. The van der Waals surface area contributed by atoms with E-state index in [0.29, 0.717) is 5.02 Å². The molecule has 0 fully saturated rings. The van der Waals surface area contributed by atoms with E-state index in [0.717, 1.165) is 33.5 Å². The van der Waals surface area contributed by atoms with Crippen LogP contribution in [0.3, 0.4) is 0 Å². The second-order valence-corrected chi connectivity index (χ2v) is 5.12. The van der Waals surface area contributed by atoms with Crippen molar-refractivity contribution >= 4 is 39.6 Å². The fraction of sp³-hybridized carbons (Fsp3) is 0.0625. The molecule has 0 aliphatic heterocycles. The first-order chi connectivity index (χ1) is 9.65. The third kappa shape index (κ3) is 2.28. The van der Waals surface area contributed by atoms with Gasteiger partial charge in [-0.3, -0.25) is 0 Å². The van der Waals surface area contributed by atoms with Gasteiger partial charge >= 0.3 is 0 Å². The number of nitrogens with zero attached hydrogens (tertiary/aromatic N) is 1. The highest BCUT2D eigenvalue weighted by atomic mass is 35.5. The summed E-state index contributed by atoms with van der Waals surface area (Å²) in [6, 6.07) is 13.5. The molecule has 1 aromatic heterocycles. The quantitative estimate of drug-likeness (QED) is 0.680. The van der Waals surface area contributed by atoms with Crippen LogP contribution in [0.4, 0.5) is 17.2 Å². The largest absolute Gasteiger partial charge is 0.398 e. The van der Waals surface area contributed by atoms with E-state index in [4.69, 9.17) is 17.3 Å². The van der Waals surface area contributed by atoms with Gasteiger partial charge in [-0.2, -0.15) is 0 Å². The molecule has 0 unspecified atom stereocenters. The van der Waals surface area contributed by atoms with E-state index < -0.39 is 0 Å². The van der Waals surface area contributed by atoms with Crippen molar-refractivity contribution in [1.82, 2.24) is 4.98 Å². The molecule has 3 rings (SSSR count). The van der Waals surface area contributed by atoms with Gasteiger partial charge in [0.25, 0.3) is 0 Å². The summed E-state index contributed by atoms with van der Waals surface area (Å²) in [4.78, 5) is 4.39. The Morgan fingerprint density at radius 3 is 2.75 bits per heavy atom. The van der Waals surface area contributed by atoms with Gasteiger partial charge < -0.3 is 11.1 Å². The average Bonchev–Trinajstić information content (AvgIpc) is 2.43. The predicted octanol–water partition coefficient (Wildman–Crippen LogP) is 4.52. The zero-order valence-electron chi connectivity index (χ0n) is 11.0. The molecule has 0 aliphatic rings. The summed E-state index contributed by atoms with van der Waals surface area (Å²) in [5.41, 5.74) is 8.89. The molecule has 0 saturated heterocycles. The number of pyridine rings is 1. The zero-order valence-corrected chi connectivity index (χ0v) is 11.8. The van der Waals surface area contributed by atoms with Gasteiger partial charge in [-0.1, -0.05) is 29.8 Å². The van der Waals surface area contributed by atoms with Crippen LogP contribution in [0, 0.1) is 6.92 Å². The molecule has 0 amide bonds. The fourth-order valence-electron chi connectivity index (χ4n) is 2.19. The number of halogens is 1. The third-order valence-corrected chi connectivity index (χ3v) is 3.53. The molecular formula is C16H14ClN3. The minimum atomic E-state index is 0.686. The van der Waals surface area contributed by atoms with Crippen LogP contribution < -0.4 is 11.1 Å². The summed E-state index contributed by atoms with van der Waals surface area (Å²) in [6.07, 6.45) is 1.75. The summed E-state index contributed by atoms with van der Waals surface area (Å²) < 4.78 is 0. The molecule has 4 heteroatoms. The average molecular weight is 284 g/mol. The maximum atomic E-state index is 6.13. The molecule has 3 N–H and O–H groups in total. The Morgan fingerprint density at radius 2 is 1.95 bits per heavy atom. The van der Waals surface area contributed by atoms with Crippen LogP contribution in [0.15, 0.2) is 48.7 Å². The lowest BCUT2D eigenvalue weighted by atomic mass is 10.1. The summed E-state index contributed by atoms with van der Waals surface area (Å²) in [5.74, 6) is 0.775. The van der Waals surface area contributed by atoms with Crippen molar-refractivity contribution in [1.29, 1.82) is 0 Å². The van der Waals surface area contributed by atoms with Crippen LogP contribution in [-0.2, 0) is 0 Å². The van der Waals surface area contributed by atoms with Crippen molar-refractivity contribution in [2.45, 2.75) is 6.92 Å². The Labute approximate surface area is 122 Å². The van der Waals surface area contributed by atoms with Gasteiger partial charge in [0.05, 0.1) is 0 Å². The molecule has 0 aliphatic carbocycles. The normalized spacial score (nSPS) is 10.7. The van der Waals surface area contributed by atoms with Crippen LogP contribution in [0.25, 0.3) is 10.8 Å². The topological polar surface area (TPSA) is 50.9 Å². The van der Waals surface area contributed by atoms with E-state index in [9.17, 15) is 0 Å². The van der Waals surface area contributed by atoms with Gasteiger partial charge in [-0.15, -0.1) is 0 Å². The van der Waals surface area contributed by atoms with Crippen molar-refractivity contribution in [3.05, 3.63) is 59.2 Å². The number of benzene rings is 2. The van der Waals surface area contributed by atoms with E-state index in [-0.39, 0.29) is 0 Å². The lowest BCUT2D eigenvalue weighted by molar-refractivity contribution is 1.33. The highest BCUT2D eigenvalue weighted by Crippen LogP contribution is 2.30. The Bertz CT molecular complexity index is 784. The number of aromatic nitrogens is 1. The van der Waals surface area contributed by atoms with Crippen LogP contribution in [0.1, 0.15) is 5.56 Å². The zero-order chi connectivity index (χ0) is 14.1. The van der Waals surface area contributed by atoms with E-state index in [1.54, 1.807) is 6.20 Å². The highest BCUT2D eigenvalue weighted by Gasteiger charge is 2.07. The number of hydrogen-bond donors (Lipinski definition) is 2. The number of nitrogens with two attached hydrogens (primary N) is 1. The van der Waals surface area contributed by atoms with Gasteiger partial charge in [0.2, 0.25) is 0 Å². The van der Waals surface area contributed by atoms with Crippen LogP contribution in [0.5, 0.6) is 0 Å². The van der Waals surface area contributed by atoms with Gasteiger partial charge in [0, 0.05) is 33.4 Å². The molecule has 0 saturated carbocycles. The predicted molar refractivity (Wildman–Crippen MR) is 85.6 cm³/mol. The first kappa shape index (κ1) is 12.8. The van der Waals surface area contributed by atoms with Gasteiger partial charge in [0.15, 0.2) is 0 Å². The third-order valence-electron chi connectivity index (χ3n) is 3.29. The molecular weight excluding hydrogens is 270 g/mol. The van der Waals surface area contributed by atoms with Crippen molar-refractivity contribution in [3.63, 3.8) is 0 Å². The maximum Gasteiger partial charge on any atom is 0.138 e. The summed E-state index contributed by atoms with van der Waals surface area (Å²) in [7, 11) is 0. The number of nitrogen functional groups attached to an aromatic ring is 1. The number of nitrogens with one attached hydrogen (secondary N) is 1. The Balaban J connectivity index is 2.10. The van der Waals surface area contributed by atoms with Crippen molar-refractivity contribution < 1.29 is 0 Å². The smallest absolute Gasteiger partial charge is 0.138 e. The second-order valence-electron chi connectivity index (χ2n) is 4.69. The van der Waals surface area contributed by atoms with Crippen LogP contribution in [0.2, 0.25) is 5.02 Å². The number of rotatable bonds is 2. The molecule has 3 nitrogen and oxygen atoms in total. The molecule has 0 radical (unpaired) electrons. The number of fused-ring (bicyclic) bond motifs is 1. The van der Waals surface area contributed by atoms with E-state index in [1.807, 2.05) is 49.4 Å². The van der Waals surface area contributed by atoms with Crippen molar-refractivity contribution in [2.24, 2.45) is 0 Å². The first-order valence-electron chi connectivity index (χ1n) is 6.31. The molecule has 100 valence electrons. The van der Waals surface area contributed by atoms with Crippen molar-refractivity contribution in [2.75, 3.05) is 11.1 Å². The number of anilines is 3. The molecule has 1 heterocycles. The maximum absolute atomic E-state index is 6.13. The lowest BCUT2D eigenvalue weighted by Crippen LogP contribution is -1.97. The van der Waals surface area contributed by atoms with Crippen LogP contribution in [-0.4, -0.2) is 4.98 Å². The fourth-order valence-corrected chi connectivity index (χ4v) is 2.38. The number of aryl methyl sites for hydroxylation is 1. The van der Waals surface area contributed by atoms with Gasteiger partial charge in [0.1, 0.15) is 5.82 Å². The minimum absolute atomic E-state index is 0.686. The monoisotopic (exact) mass is 283 g/mol. The summed E-state index contributed by atoms with van der Waals surface area (Å²) in [5, 5.41) is 5.97. The Kier molecular flexibility index (Phi) is 3.20. The standard InChI is InChI=1S/C16H14ClN3/c1-10-5-6-14-13(15(10)18)7-8-19-16(14)20-12-4-2-3-11(17)9-12/h2-9H,18H2,1H3,(H,19,20). The van der Waals surface area contributed by atoms with Crippen molar-refractivity contribution in [3.8, 4) is 0 Å². The van der Waals surface area contributed by atoms with E-state index >= 15 is 0 Å². The molecule has 3 aromatic rings. The summed E-state index contributed by atoms with van der Waals surface area (Å²) in [6.45, 7) is 2.00. The molecule has 20 heavy (non-hydrogen) atoms. The van der Waals surface area contributed by atoms with E-state index in [1.165, 1.54) is 0 Å². The van der Waals surface area contributed by atoms with E-state index in [2.05, 4.69) is 10.3 Å². The van der Waals surface area contributed by atoms with Gasteiger partial charge in [-0.05, 0) is 36.8 Å². The van der Waals surface area contributed by atoms with Gasteiger partial charge in [-0.25, -0.2) is 4.98 Å². The molecule has 2 aromatic carbocycles. The van der Waals surface area contributed by atoms with Crippen LogP contribution >= 0.6 is 11.6 Å². The number of hydrogen-bond acceptors (Lipinski definition) is 3. The SMILES string of the molecule is Cc1ccc2c(Nc3cccc(Cl)c3)nccc2c1N. The first-order valence-corrected chi connectivity index (χ1v) is 6.69. The molecule has 0 bridgehead atoms. The summed E-state index contributed by atoms with van der Waals surface area (Å²) >= 11 is 5.99.